The molecule has 0 unspecified atom stereocenters. The maximum atomic E-state index is 12.4. The third-order valence-electron chi connectivity index (χ3n) is 3.88. The Morgan fingerprint density at radius 3 is 2.36 bits per heavy atom. The molecule has 0 atom stereocenters. The van der Waals surface area contributed by atoms with Gasteiger partial charge in [0.05, 0.1) is 12.1 Å². The molecule has 1 N–H and O–H groups in total. The van der Waals surface area contributed by atoms with E-state index in [2.05, 4.69) is 9.88 Å². The number of aromatic nitrogens is 1. The lowest BCUT2D eigenvalue weighted by Gasteiger charge is -2.23. The van der Waals surface area contributed by atoms with Crippen molar-refractivity contribution >= 4 is 15.8 Å². The summed E-state index contributed by atoms with van der Waals surface area (Å²) in [6.07, 6.45) is 1.61. The molecular formula is C15H24N2O4S. The average Bonchev–Trinajstić information content (AvgIpc) is 3.02. The van der Waals surface area contributed by atoms with Crippen LogP contribution in [0.1, 0.15) is 58.9 Å². The Balaban J connectivity index is 2.11. The van der Waals surface area contributed by atoms with E-state index in [9.17, 15) is 13.2 Å². The molecule has 0 aromatic carbocycles. The number of nitrogens with zero attached hydrogens (tertiary/aromatic N) is 1. The standard InChI is InChI=1S/C15H24N2O4S/c1-14(2,3)13-9-11(16-21-13)8-12(18)15(4,5)22(19,20)17-10-6-7-10/h9-10,17H,6-8H2,1-5H3. The van der Waals surface area contributed by atoms with E-state index in [0.717, 1.165) is 12.8 Å². The van der Waals surface area contributed by atoms with Crippen molar-refractivity contribution in [3.8, 4) is 0 Å². The van der Waals surface area contributed by atoms with Crippen molar-refractivity contribution in [1.82, 2.24) is 9.88 Å². The zero-order valence-corrected chi connectivity index (χ0v) is 14.6. The minimum atomic E-state index is -3.70. The normalized spacial score (nSPS) is 16.8. The average molecular weight is 328 g/mol. The zero-order chi connectivity index (χ0) is 16.8. The van der Waals surface area contributed by atoms with Gasteiger partial charge in [-0.3, -0.25) is 4.79 Å². The van der Waals surface area contributed by atoms with Gasteiger partial charge in [-0.1, -0.05) is 25.9 Å². The molecule has 2 rings (SSSR count). The molecule has 1 aromatic rings. The summed E-state index contributed by atoms with van der Waals surface area (Å²) in [5, 5.41) is 3.88. The van der Waals surface area contributed by atoms with Crippen molar-refractivity contribution in [2.24, 2.45) is 0 Å². The summed E-state index contributed by atoms with van der Waals surface area (Å²) in [6, 6.07) is 1.70. The van der Waals surface area contributed by atoms with Gasteiger partial charge in [0.15, 0.2) is 5.78 Å². The second kappa shape index (κ2) is 5.45. The molecule has 0 amide bonds. The molecule has 1 saturated carbocycles. The molecular weight excluding hydrogens is 304 g/mol. The van der Waals surface area contributed by atoms with Crippen molar-refractivity contribution in [3.63, 3.8) is 0 Å². The summed E-state index contributed by atoms with van der Waals surface area (Å²) in [4.78, 5) is 12.4. The Morgan fingerprint density at radius 1 is 1.32 bits per heavy atom. The van der Waals surface area contributed by atoms with Crippen LogP contribution in [-0.4, -0.2) is 30.1 Å². The lowest BCUT2D eigenvalue weighted by atomic mass is 9.92. The van der Waals surface area contributed by atoms with E-state index in [0.29, 0.717) is 11.5 Å². The first-order valence-electron chi connectivity index (χ1n) is 7.45. The van der Waals surface area contributed by atoms with Crippen LogP contribution in [0.4, 0.5) is 0 Å². The molecule has 1 heterocycles. The Bertz CT molecular complexity index is 664. The summed E-state index contributed by atoms with van der Waals surface area (Å²) in [7, 11) is -3.70. The first-order valence-corrected chi connectivity index (χ1v) is 8.93. The number of Topliss-reactive ketones (excluding diaryl/α,β-unsaturated/α-hetero) is 1. The predicted molar refractivity (Wildman–Crippen MR) is 83.1 cm³/mol. The van der Waals surface area contributed by atoms with Crippen molar-refractivity contribution in [3.05, 3.63) is 17.5 Å². The molecule has 6 nitrogen and oxygen atoms in total. The van der Waals surface area contributed by atoms with Crippen LogP contribution in [0.5, 0.6) is 0 Å². The van der Waals surface area contributed by atoms with Gasteiger partial charge in [-0.25, -0.2) is 13.1 Å². The van der Waals surface area contributed by atoms with Gasteiger partial charge in [-0.05, 0) is 26.7 Å². The van der Waals surface area contributed by atoms with Crippen molar-refractivity contribution in [1.29, 1.82) is 0 Å². The minimum absolute atomic E-state index is 0.0170. The van der Waals surface area contributed by atoms with E-state index in [1.165, 1.54) is 13.8 Å². The summed E-state index contributed by atoms with van der Waals surface area (Å²) in [5.74, 6) is 0.279. The van der Waals surface area contributed by atoms with Gasteiger partial charge in [0.2, 0.25) is 10.0 Å². The summed E-state index contributed by atoms with van der Waals surface area (Å²) >= 11 is 0. The number of carbonyl (C=O) groups is 1. The summed E-state index contributed by atoms with van der Waals surface area (Å²) < 4.78 is 31.0. The smallest absolute Gasteiger partial charge is 0.224 e. The molecule has 22 heavy (non-hydrogen) atoms. The van der Waals surface area contributed by atoms with Crippen molar-refractivity contribution < 1.29 is 17.7 Å². The Hall–Kier alpha value is -1.21. The SMILES string of the molecule is CC(C)(C)c1cc(CC(=O)C(C)(C)S(=O)(=O)NC2CC2)no1. The van der Waals surface area contributed by atoms with E-state index >= 15 is 0 Å². The van der Waals surface area contributed by atoms with E-state index in [1.807, 2.05) is 20.8 Å². The fourth-order valence-corrected chi connectivity index (χ4v) is 3.18. The number of nitrogens with one attached hydrogen (secondary N) is 1. The van der Waals surface area contributed by atoms with Crippen LogP contribution in [0, 0.1) is 0 Å². The molecule has 1 fully saturated rings. The van der Waals surface area contributed by atoms with Crippen LogP contribution in [0.15, 0.2) is 10.6 Å². The van der Waals surface area contributed by atoms with Crippen molar-refractivity contribution in [2.45, 2.75) is 70.1 Å². The van der Waals surface area contributed by atoms with E-state index in [-0.39, 0.29) is 17.9 Å². The van der Waals surface area contributed by atoms with Gasteiger partial charge in [0, 0.05) is 17.5 Å². The highest BCUT2D eigenvalue weighted by Crippen LogP contribution is 2.27. The monoisotopic (exact) mass is 328 g/mol. The number of sulfonamides is 1. The first kappa shape index (κ1) is 17.1. The van der Waals surface area contributed by atoms with Crippen LogP contribution in [0.2, 0.25) is 0 Å². The van der Waals surface area contributed by atoms with E-state index in [4.69, 9.17) is 4.52 Å². The third kappa shape index (κ3) is 3.57. The molecule has 1 aliphatic rings. The van der Waals surface area contributed by atoms with Crippen LogP contribution in [0.25, 0.3) is 0 Å². The van der Waals surface area contributed by atoms with E-state index in [1.54, 1.807) is 6.07 Å². The predicted octanol–water partition coefficient (Wildman–Crippen LogP) is 1.94. The third-order valence-corrected chi connectivity index (χ3v) is 6.10. The van der Waals surface area contributed by atoms with Crippen LogP contribution in [0.3, 0.4) is 0 Å². The maximum absolute atomic E-state index is 12.4. The fourth-order valence-electron chi connectivity index (χ4n) is 1.84. The Morgan fingerprint density at radius 2 is 1.91 bits per heavy atom. The quantitative estimate of drug-likeness (QED) is 0.862. The topological polar surface area (TPSA) is 89.3 Å². The second-order valence-corrected chi connectivity index (χ2v) is 9.70. The molecule has 0 radical (unpaired) electrons. The molecule has 0 saturated heterocycles. The van der Waals surface area contributed by atoms with Crippen LogP contribution in [-0.2, 0) is 26.7 Å². The first-order chi connectivity index (χ1) is 9.93. The van der Waals surface area contributed by atoms with Gasteiger partial charge in [-0.15, -0.1) is 0 Å². The van der Waals surface area contributed by atoms with Gasteiger partial charge < -0.3 is 4.52 Å². The number of hydrogen-bond acceptors (Lipinski definition) is 5. The summed E-state index contributed by atoms with van der Waals surface area (Å²) in [5.41, 5.74) is 0.258. The lowest BCUT2D eigenvalue weighted by molar-refractivity contribution is -0.120. The lowest BCUT2D eigenvalue weighted by Crippen LogP contribution is -2.48. The molecule has 0 spiro atoms. The number of ketones is 1. The van der Waals surface area contributed by atoms with Crippen LogP contribution < -0.4 is 4.72 Å². The molecule has 0 bridgehead atoms. The van der Waals surface area contributed by atoms with Gasteiger partial charge in [-0.2, -0.15) is 0 Å². The molecule has 124 valence electrons. The molecule has 7 heteroatoms. The Kier molecular flexibility index (Phi) is 4.25. The molecule has 0 aliphatic heterocycles. The number of hydrogen-bond donors (Lipinski definition) is 1. The van der Waals surface area contributed by atoms with Crippen LogP contribution >= 0.6 is 0 Å². The van der Waals surface area contributed by atoms with Gasteiger partial charge >= 0.3 is 0 Å². The van der Waals surface area contributed by atoms with Gasteiger partial charge in [0.1, 0.15) is 10.5 Å². The van der Waals surface area contributed by atoms with Gasteiger partial charge in [0.25, 0.3) is 0 Å². The van der Waals surface area contributed by atoms with Crippen molar-refractivity contribution in [2.75, 3.05) is 0 Å². The fraction of sp³-hybridized carbons (Fsp3) is 0.733. The highest BCUT2D eigenvalue weighted by atomic mass is 32.2. The van der Waals surface area contributed by atoms with E-state index < -0.39 is 20.6 Å². The zero-order valence-electron chi connectivity index (χ0n) is 13.8. The highest BCUT2D eigenvalue weighted by molar-refractivity contribution is 7.91. The largest absolute Gasteiger partial charge is 0.361 e. The number of carbonyl (C=O) groups excluding carboxylic acids is 1. The minimum Gasteiger partial charge on any atom is -0.361 e. The second-order valence-electron chi connectivity index (χ2n) is 7.44. The molecule has 1 aliphatic carbocycles. The molecule has 1 aromatic heterocycles. The highest BCUT2D eigenvalue weighted by Gasteiger charge is 2.44. The Labute approximate surface area is 131 Å². The summed E-state index contributed by atoms with van der Waals surface area (Å²) in [6.45, 7) is 8.81. The number of rotatable bonds is 6. The maximum Gasteiger partial charge on any atom is 0.224 e.